The van der Waals surface area contributed by atoms with Crippen LogP contribution in [-0.4, -0.2) is 25.1 Å². The molecule has 2 heterocycles. The number of nitrogens with zero attached hydrogens (tertiary/aromatic N) is 4. The van der Waals surface area contributed by atoms with Crippen LogP contribution in [0.25, 0.3) is 16.7 Å². The number of hydrogen-bond donors (Lipinski definition) is 1. The third-order valence-corrected chi connectivity index (χ3v) is 5.14. The van der Waals surface area contributed by atoms with Gasteiger partial charge in [0, 0.05) is 5.69 Å². The topological polar surface area (TPSA) is 90.5 Å². The first-order valence-electron chi connectivity index (χ1n) is 10.5. The third-order valence-electron chi connectivity index (χ3n) is 5.14. The number of hydrogen-bond acceptors (Lipinski definition) is 5. The Morgan fingerprint density at radius 2 is 1.67 bits per heavy atom. The smallest absolute Gasteiger partial charge is 0.351 e. The summed E-state index contributed by atoms with van der Waals surface area (Å²) in [4.78, 5) is 30.4. The second-order valence-electron chi connectivity index (χ2n) is 7.84. The molecule has 1 amide bonds. The molecule has 33 heavy (non-hydrogen) atoms. The summed E-state index contributed by atoms with van der Waals surface area (Å²) in [5.74, 6) is 0.430. The highest BCUT2D eigenvalue weighted by Crippen LogP contribution is 2.27. The summed E-state index contributed by atoms with van der Waals surface area (Å²) in [5, 5.41) is 7.17. The van der Waals surface area contributed by atoms with Crippen molar-refractivity contribution in [1.29, 1.82) is 0 Å². The zero-order chi connectivity index (χ0) is 22.9. The van der Waals surface area contributed by atoms with Gasteiger partial charge in [0.1, 0.15) is 12.3 Å². The van der Waals surface area contributed by atoms with Crippen LogP contribution in [0.2, 0.25) is 0 Å². The van der Waals surface area contributed by atoms with E-state index >= 15 is 0 Å². The molecular weight excluding hydrogens is 418 g/mol. The Morgan fingerprint density at radius 3 is 2.42 bits per heavy atom. The number of ether oxygens (including phenoxy) is 1. The molecule has 0 saturated carbocycles. The maximum absolute atomic E-state index is 13.2. The molecule has 0 fully saturated rings. The molecular formula is C25H21N5O3. The van der Waals surface area contributed by atoms with Crippen molar-refractivity contribution in [3.8, 4) is 11.6 Å². The third kappa shape index (κ3) is 4.06. The van der Waals surface area contributed by atoms with Crippen LogP contribution < -0.4 is 15.7 Å². The molecule has 0 radical (unpaired) electrons. The van der Waals surface area contributed by atoms with Crippen LogP contribution >= 0.6 is 0 Å². The Bertz CT molecular complexity index is 1530. The van der Waals surface area contributed by atoms with Crippen molar-refractivity contribution in [2.24, 2.45) is 0 Å². The molecule has 0 atom stereocenters. The Labute approximate surface area is 189 Å². The summed E-state index contributed by atoms with van der Waals surface area (Å²) in [6.07, 6.45) is 0. The molecule has 0 bridgehead atoms. The number of benzene rings is 3. The zero-order valence-corrected chi connectivity index (χ0v) is 18.1. The number of fused-ring (bicyclic) bond motifs is 3. The van der Waals surface area contributed by atoms with Crippen LogP contribution in [0, 0.1) is 13.8 Å². The maximum atomic E-state index is 13.2. The molecule has 0 aliphatic rings. The lowest BCUT2D eigenvalue weighted by Gasteiger charge is -2.09. The normalized spacial score (nSPS) is 11.1. The first-order valence-corrected chi connectivity index (χ1v) is 10.5. The van der Waals surface area contributed by atoms with Gasteiger partial charge in [-0.2, -0.15) is 0 Å². The minimum atomic E-state index is -0.447. The van der Waals surface area contributed by atoms with Crippen LogP contribution in [0.15, 0.2) is 77.6 Å². The van der Waals surface area contributed by atoms with Crippen molar-refractivity contribution in [2.75, 3.05) is 5.32 Å². The van der Waals surface area contributed by atoms with E-state index in [1.54, 1.807) is 24.3 Å². The van der Waals surface area contributed by atoms with Crippen LogP contribution in [0.4, 0.5) is 5.69 Å². The van der Waals surface area contributed by atoms with Crippen molar-refractivity contribution >= 4 is 28.3 Å². The van der Waals surface area contributed by atoms with Gasteiger partial charge in [-0.3, -0.25) is 4.79 Å². The SMILES string of the molecule is Cc1cc(C)cc(Oc2nc3ccccc3n3c(=O)n(CC(=O)Nc4ccccc4)nc23)c1. The van der Waals surface area contributed by atoms with E-state index in [4.69, 9.17) is 4.74 Å². The fourth-order valence-electron chi connectivity index (χ4n) is 3.80. The van der Waals surface area contributed by atoms with Gasteiger partial charge in [0.2, 0.25) is 11.6 Å². The van der Waals surface area contributed by atoms with E-state index < -0.39 is 5.69 Å². The quantitative estimate of drug-likeness (QED) is 0.445. The summed E-state index contributed by atoms with van der Waals surface area (Å²) < 4.78 is 8.63. The number of para-hydroxylation sites is 3. The van der Waals surface area contributed by atoms with Crippen LogP contribution in [0.3, 0.4) is 0 Å². The summed E-state index contributed by atoms with van der Waals surface area (Å²) in [6, 6.07) is 22.1. The molecule has 1 N–H and O–H groups in total. The van der Waals surface area contributed by atoms with E-state index in [0.29, 0.717) is 22.5 Å². The second kappa shape index (κ2) is 8.23. The zero-order valence-electron chi connectivity index (χ0n) is 18.1. The molecule has 8 nitrogen and oxygen atoms in total. The number of amides is 1. The van der Waals surface area contributed by atoms with E-state index in [0.717, 1.165) is 15.8 Å². The first-order chi connectivity index (χ1) is 16.0. The van der Waals surface area contributed by atoms with E-state index in [2.05, 4.69) is 15.4 Å². The number of carbonyl (C=O) groups is 1. The van der Waals surface area contributed by atoms with Gasteiger partial charge < -0.3 is 10.1 Å². The molecule has 0 spiro atoms. The van der Waals surface area contributed by atoms with Crippen molar-refractivity contribution in [1.82, 2.24) is 19.2 Å². The van der Waals surface area contributed by atoms with Crippen LogP contribution in [0.1, 0.15) is 11.1 Å². The van der Waals surface area contributed by atoms with E-state index in [1.165, 1.54) is 4.40 Å². The summed E-state index contributed by atoms with van der Waals surface area (Å²) in [6.45, 7) is 3.72. The van der Waals surface area contributed by atoms with E-state index in [9.17, 15) is 9.59 Å². The molecule has 0 aliphatic heterocycles. The van der Waals surface area contributed by atoms with E-state index in [-0.39, 0.29) is 24.0 Å². The molecule has 3 aromatic carbocycles. The number of anilines is 1. The van der Waals surface area contributed by atoms with Gasteiger partial charge in [-0.15, -0.1) is 5.10 Å². The minimum Gasteiger partial charge on any atom is -0.436 e. The molecule has 5 rings (SSSR count). The van der Waals surface area contributed by atoms with E-state index in [1.807, 2.05) is 62.4 Å². The lowest BCUT2D eigenvalue weighted by Crippen LogP contribution is -2.28. The van der Waals surface area contributed by atoms with Gasteiger partial charge in [0.25, 0.3) is 5.88 Å². The average molecular weight is 439 g/mol. The Morgan fingerprint density at radius 1 is 0.970 bits per heavy atom. The molecule has 5 aromatic rings. The number of rotatable bonds is 5. The first kappa shape index (κ1) is 20.4. The number of carbonyl (C=O) groups excluding carboxylic acids is 1. The highest BCUT2D eigenvalue weighted by atomic mass is 16.5. The fourth-order valence-corrected chi connectivity index (χ4v) is 3.80. The Balaban J connectivity index is 1.59. The average Bonchev–Trinajstić information content (AvgIpc) is 3.10. The Hall–Kier alpha value is -4.46. The molecule has 164 valence electrons. The van der Waals surface area contributed by atoms with Gasteiger partial charge >= 0.3 is 5.69 Å². The lowest BCUT2D eigenvalue weighted by atomic mass is 10.1. The lowest BCUT2D eigenvalue weighted by molar-refractivity contribution is -0.117. The number of nitrogens with one attached hydrogen (secondary N) is 1. The number of aryl methyl sites for hydroxylation is 2. The summed E-state index contributed by atoms with van der Waals surface area (Å²) >= 11 is 0. The van der Waals surface area contributed by atoms with Gasteiger partial charge in [-0.25, -0.2) is 18.9 Å². The molecule has 8 heteroatoms. The van der Waals surface area contributed by atoms with Crippen molar-refractivity contribution in [2.45, 2.75) is 20.4 Å². The second-order valence-corrected chi connectivity index (χ2v) is 7.84. The molecule has 0 aliphatic carbocycles. The molecule has 0 saturated heterocycles. The maximum Gasteiger partial charge on any atom is 0.351 e. The summed E-state index contributed by atoms with van der Waals surface area (Å²) in [5.41, 5.74) is 3.69. The largest absolute Gasteiger partial charge is 0.436 e. The fraction of sp³-hybridized carbons (Fsp3) is 0.120. The predicted molar refractivity (Wildman–Crippen MR) is 126 cm³/mol. The Kier molecular flexibility index (Phi) is 5.10. The standard InChI is InChI=1S/C25H21N5O3/c1-16-12-17(2)14-19(13-16)33-24-23-28-29(15-22(31)26-18-8-4-3-5-9-18)25(32)30(23)21-11-7-6-10-20(21)27-24/h3-14H,15H2,1-2H3,(H,26,31). The van der Waals surface area contributed by atoms with Gasteiger partial charge in [-0.05, 0) is 61.4 Å². The summed E-state index contributed by atoms with van der Waals surface area (Å²) in [7, 11) is 0. The van der Waals surface area contributed by atoms with Crippen molar-refractivity contribution in [3.63, 3.8) is 0 Å². The number of aromatic nitrogens is 4. The monoisotopic (exact) mass is 439 g/mol. The van der Waals surface area contributed by atoms with Crippen molar-refractivity contribution < 1.29 is 9.53 Å². The van der Waals surface area contributed by atoms with Crippen LogP contribution in [0.5, 0.6) is 11.6 Å². The van der Waals surface area contributed by atoms with Gasteiger partial charge in [0.15, 0.2) is 0 Å². The highest BCUT2D eigenvalue weighted by Gasteiger charge is 2.19. The predicted octanol–water partition coefficient (Wildman–Crippen LogP) is 4.09. The minimum absolute atomic E-state index is 0.193. The van der Waals surface area contributed by atoms with Gasteiger partial charge in [0.05, 0.1) is 11.0 Å². The van der Waals surface area contributed by atoms with Gasteiger partial charge in [-0.1, -0.05) is 36.4 Å². The van der Waals surface area contributed by atoms with Crippen LogP contribution in [-0.2, 0) is 11.3 Å². The molecule has 2 aromatic heterocycles. The van der Waals surface area contributed by atoms with Crippen molar-refractivity contribution in [3.05, 3.63) is 94.4 Å². The molecule has 0 unspecified atom stereocenters. The highest BCUT2D eigenvalue weighted by molar-refractivity contribution is 5.90.